The van der Waals surface area contributed by atoms with Crippen LogP contribution >= 0.6 is 0 Å². The Bertz CT molecular complexity index is 673. The van der Waals surface area contributed by atoms with Crippen LogP contribution in [0.4, 0.5) is 0 Å². The van der Waals surface area contributed by atoms with E-state index in [2.05, 4.69) is 16.4 Å². The molecule has 23 heavy (non-hydrogen) atoms. The summed E-state index contributed by atoms with van der Waals surface area (Å²) in [5.74, 6) is 6.53. The second kappa shape index (κ2) is 3.81. The molecule has 0 aromatic carbocycles. The van der Waals surface area contributed by atoms with Crippen LogP contribution in [0.3, 0.4) is 0 Å². The monoisotopic (exact) mass is 310 g/mol. The molecule has 0 radical (unpaired) electrons. The second-order valence-corrected chi connectivity index (χ2v) is 8.61. The summed E-state index contributed by atoms with van der Waals surface area (Å²) >= 11 is 0. The Kier molecular flexibility index (Phi) is 2.06. The maximum atomic E-state index is 6.31. The van der Waals surface area contributed by atoms with Gasteiger partial charge in [0.05, 0.1) is 13.2 Å². The van der Waals surface area contributed by atoms with Crippen LogP contribution < -0.4 is 5.32 Å². The fraction of sp³-hybridized carbons (Fsp3) is 0.737. The van der Waals surface area contributed by atoms with Crippen molar-refractivity contribution in [2.24, 2.45) is 47.3 Å². The molecule has 5 aliphatic carbocycles. The number of rotatable bonds is 3. The smallest absolute Gasteiger partial charge is 0.175 e. The number of nitrogens with zero attached hydrogens (tertiary/aromatic N) is 1. The van der Waals surface area contributed by atoms with E-state index in [9.17, 15) is 0 Å². The molecule has 1 aliphatic heterocycles. The van der Waals surface area contributed by atoms with Crippen molar-refractivity contribution in [3.05, 3.63) is 30.1 Å². The number of fused-ring (bicyclic) bond motifs is 4. The number of hydrogen-bond donors (Lipinski definition) is 1. The van der Waals surface area contributed by atoms with Crippen LogP contribution in [0, 0.1) is 47.3 Å². The van der Waals surface area contributed by atoms with Gasteiger partial charge in [0.2, 0.25) is 0 Å². The van der Waals surface area contributed by atoms with Crippen LogP contribution in [0.15, 0.2) is 24.5 Å². The van der Waals surface area contributed by atoms with Crippen molar-refractivity contribution in [3.63, 3.8) is 0 Å². The molecule has 120 valence electrons. The fourth-order valence-corrected chi connectivity index (χ4v) is 8.32. The minimum Gasteiger partial charge on any atom is -0.347 e. The summed E-state index contributed by atoms with van der Waals surface area (Å²) in [6, 6.07) is 4.89. The van der Waals surface area contributed by atoms with Crippen LogP contribution in [-0.2, 0) is 16.0 Å². The zero-order chi connectivity index (χ0) is 14.8. The Labute approximate surface area is 136 Å². The predicted molar refractivity (Wildman–Crippen MR) is 82.0 cm³/mol. The molecular formula is C19H22N2O2. The first-order chi connectivity index (χ1) is 11.4. The van der Waals surface area contributed by atoms with E-state index in [4.69, 9.17) is 9.47 Å². The highest BCUT2D eigenvalue weighted by Gasteiger charge is 2.88. The lowest BCUT2D eigenvalue weighted by Gasteiger charge is -2.54. The molecule has 4 nitrogen and oxygen atoms in total. The van der Waals surface area contributed by atoms with Gasteiger partial charge in [0, 0.05) is 36.8 Å². The largest absolute Gasteiger partial charge is 0.347 e. The van der Waals surface area contributed by atoms with E-state index in [-0.39, 0.29) is 5.79 Å². The van der Waals surface area contributed by atoms with Crippen molar-refractivity contribution in [1.29, 1.82) is 0 Å². The number of hydrogen-bond acceptors (Lipinski definition) is 4. The molecule has 6 aliphatic rings. The molecule has 7 rings (SSSR count). The van der Waals surface area contributed by atoms with Gasteiger partial charge in [-0.05, 0) is 53.6 Å². The summed E-state index contributed by atoms with van der Waals surface area (Å²) < 4.78 is 12.6. The number of aromatic nitrogens is 1. The molecule has 5 saturated carbocycles. The van der Waals surface area contributed by atoms with Gasteiger partial charge in [-0.25, -0.2) is 0 Å². The van der Waals surface area contributed by atoms with Gasteiger partial charge >= 0.3 is 0 Å². The Hall–Kier alpha value is -0.970. The average molecular weight is 310 g/mol. The maximum absolute atomic E-state index is 6.31. The highest BCUT2D eigenvalue weighted by Crippen LogP contribution is 2.86. The molecule has 9 atom stereocenters. The number of ether oxygens (including phenoxy) is 2. The van der Waals surface area contributed by atoms with Crippen molar-refractivity contribution in [2.75, 3.05) is 13.2 Å². The highest BCUT2D eigenvalue weighted by molar-refractivity contribution is 5.35. The van der Waals surface area contributed by atoms with Crippen LogP contribution in [-0.4, -0.2) is 30.0 Å². The summed E-state index contributed by atoms with van der Waals surface area (Å²) in [6.07, 6.45) is 5.30. The number of pyridine rings is 1. The molecule has 1 aromatic rings. The lowest BCUT2D eigenvalue weighted by Crippen LogP contribution is -2.62. The maximum Gasteiger partial charge on any atom is 0.175 e. The standard InChI is InChI=1S/C19H22N2O2/c1-2-9(7-20-3-1)8-21-18-14-10-6-11-13-12(10)15(18)17(13)19(16(11)14)22-4-5-23-19/h1-3,7,10-18,21H,4-6,8H2/t10-,11+,12-,13+,14+,15-,16-,17+,18-/m0/s1. The molecule has 1 N–H and O–H groups in total. The molecule has 6 fully saturated rings. The van der Waals surface area contributed by atoms with Crippen molar-refractivity contribution >= 4 is 0 Å². The first-order valence-electron chi connectivity index (χ1n) is 9.30. The second-order valence-electron chi connectivity index (χ2n) is 8.61. The lowest BCUT2D eigenvalue weighted by atomic mass is 9.57. The van der Waals surface area contributed by atoms with E-state index in [1.54, 1.807) is 0 Å². The van der Waals surface area contributed by atoms with Gasteiger partial charge in [-0.3, -0.25) is 4.98 Å². The predicted octanol–water partition coefficient (Wildman–Crippen LogP) is 1.67. The topological polar surface area (TPSA) is 43.4 Å². The van der Waals surface area contributed by atoms with Crippen molar-refractivity contribution < 1.29 is 9.47 Å². The molecule has 2 heterocycles. The third kappa shape index (κ3) is 1.16. The summed E-state index contributed by atoms with van der Waals surface area (Å²) in [4.78, 5) is 4.25. The first kappa shape index (κ1) is 12.4. The Morgan fingerprint density at radius 3 is 2.83 bits per heavy atom. The van der Waals surface area contributed by atoms with E-state index in [1.165, 1.54) is 12.0 Å². The zero-order valence-corrected chi connectivity index (χ0v) is 13.1. The summed E-state index contributed by atoms with van der Waals surface area (Å²) in [5, 5.41) is 3.93. The minimum atomic E-state index is -0.168. The van der Waals surface area contributed by atoms with Gasteiger partial charge < -0.3 is 14.8 Å². The first-order valence-corrected chi connectivity index (χ1v) is 9.30. The Morgan fingerprint density at radius 1 is 1.09 bits per heavy atom. The van der Waals surface area contributed by atoms with Gasteiger partial charge in [0.25, 0.3) is 0 Å². The molecule has 4 heteroatoms. The Balaban J connectivity index is 1.23. The van der Waals surface area contributed by atoms with E-state index in [0.717, 1.165) is 55.3 Å². The van der Waals surface area contributed by atoms with Gasteiger partial charge in [-0.15, -0.1) is 0 Å². The summed E-state index contributed by atoms with van der Waals surface area (Å²) in [5.41, 5.74) is 1.30. The van der Waals surface area contributed by atoms with Crippen LogP contribution in [0.2, 0.25) is 0 Å². The fourth-order valence-electron chi connectivity index (χ4n) is 8.32. The third-order valence-electron chi connectivity index (χ3n) is 8.38. The van der Waals surface area contributed by atoms with Gasteiger partial charge in [-0.1, -0.05) is 6.07 Å². The lowest BCUT2D eigenvalue weighted by molar-refractivity contribution is -0.264. The zero-order valence-electron chi connectivity index (χ0n) is 13.1. The van der Waals surface area contributed by atoms with Crippen LogP contribution in [0.25, 0.3) is 0 Å². The van der Waals surface area contributed by atoms with Gasteiger partial charge in [0.15, 0.2) is 5.79 Å². The third-order valence-corrected chi connectivity index (χ3v) is 8.38. The normalized spacial score (nSPS) is 55.2. The van der Waals surface area contributed by atoms with Crippen LogP contribution in [0.5, 0.6) is 0 Å². The van der Waals surface area contributed by atoms with Gasteiger partial charge in [-0.2, -0.15) is 0 Å². The molecule has 0 amide bonds. The molecule has 1 saturated heterocycles. The molecule has 0 unspecified atom stereocenters. The number of nitrogens with one attached hydrogen (secondary N) is 1. The molecule has 1 spiro atoms. The quantitative estimate of drug-likeness (QED) is 0.922. The van der Waals surface area contributed by atoms with E-state index >= 15 is 0 Å². The molecule has 1 aromatic heterocycles. The SMILES string of the molecule is c1cncc(CN[C@@H]2[C@H]3[C@H]4[C@@H]5C[C@@H]6[C@H]4[C@H]3C3(OCCO3)[C@@H]6[C@@H]52)c1. The average Bonchev–Trinajstić information content (AvgIpc) is 3.24. The van der Waals surface area contributed by atoms with Crippen molar-refractivity contribution in [3.8, 4) is 0 Å². The summed E-state index contributed by atoms with van der Waals surface area (Å²) in [6.45, 7) is 2.58. The van der Waals surface area contributed by atoms with Crippen molar-refractivity contribution in [2.45, 2.75) is 24.8 Å². The van der Waals surface area contributed by atoms with Crippen molar-refractivity contribution in [1.82, 2.24) is 10.3 Å². The molecule has 2 bridgehead atoms. The summed E-state index contributed by atoms with van der Waals surface area (Å²) in [7, 11) is 0. The van der Waals surface area contributed by atoms with E-state index in [1.807, 2.05) is 18.5 Å². The van der Waals surface area contributed by atoms with Crippen LogP contribution in [0.1, 0.15) is 12.0 Å². The highest BCUT2D eigenvalue weighted by atomic mass is 16.7. The van der Waals surface area contributed by atoms with E-state index < -0.39 is 0 Å². The molecular weight excluding hydrogens is 288 g/mol. The van der Waals surface area contributed by atoms with E-state index in [0.29, 0.717) is 17.9 Å². The minimum absolute atomic E-state index is 0.168. The Morgan fingerprint density at radius 2 is 2.00 bits per heavy atom. The van der Waals surface area contributed by atoms with Gasteiger partial charge in [0.1, 0.15) is 0 Å².